The standard InChI is InChI=1S/C16H22N2O4/c1-10(9-20-3)18(2)16(19)13-7-11-6-12(21-4)8-14(22-5)15(11)17-13/h6-8,10,17H,9H2,1-5H3. The summed E-state index contributed by atoms with van der Waals surface area (Å²) in [5.74, 6) is 1.23. The van der Waals surface area contributed by atoms with Crippen LogP contribution in [0.5, 0.6) is 11.5 Å². The maximum atomic E-state index is 12.6. The van der Waals surface area contributed by atoms with Gasteiger partial charge in [-0.05, 0) is 19.1 Å². The van der Waals surface area contributed by atoms with Crippen molar-refractivity contribution >= 4 is 16.8 Å². The molecule has 1 aromatic carbocycles. The van der Waals surface area contributed by atoms with Gasteiger partial charge in [0.25, 0.3) is 5.91 Å². The highest BCUT2D eigenvalue weighted by molar-refractivity contribution is 5.99. The van der Waals surface area contributed by atoms with Gasteiger partial charge in [0.15, 0.2) is 0 Å². The Morgan fingerprint density at radius 1 is 1.23 bits per heavy atom. The zero-order chi connectivity index (χ0) is 16.3. The molecular weight excluding hydrogens is 284 g/mol. The third-order valence-corrected chi connectivity index (χ3v) is 3.74. The van der Waals surface area contributed by atoms with Crippen molar-refractivity contribution in [1.29, 1.82) is 0 Å². The molecule has 0 spiro atoms. The number of rotatable bonds is 6. The molecule has 1 N–H and O–H groups in total. The summed E-state index contributed by atoms with van der Waals surface area (Å²) in [5.41, 5.74) is 1.28. The first-order chi connectivity index (χ1) is 10.5. The second-order valence-electron chi connectivity index (χ2n) is 5.20. The molecule has 1 heterocycles. The molecule has 6 heteroatoms. The molecule has 1 unspecified atom stereocenters. The molecule has 120 valence electrons. The zero-order valence-electron chi connectivity index (χ0n) is 13.6. The Kier molecular flexibility index (Phi) is 4.92. The maximum absolute atomic E-state index is 12.6. The van der Waals surface area contributed by atoms with E-state index in [1.54, 1.807) is 45.4 Å². The second-order valence-corrected chi connectivity index (χ2v) is 5.20. The minimum Gasteiger partial charge on any atom is -0.497 e. The van der Waals surface area contributed by atoms with E-state index < -0.39 is 0 Å². The Labute approximate surface area is 130 Å². The lowest BCUT2D eigenvalue weighted by molar-refractivity contribution is 0.0629. The third-order valence-electron chi connectivity index (χ3n) is 3.74. The summed E-state index contributed by atoms with van der Waals surface area (Å²) in [4.78, 5) is 17.3. The minimum absolute atomic E-state index is 0.0136. The summed E-state index contributed by atoms with van der Waals surface area (Å²) in [6, 6.07) is 5.44. The van der Waals surface area contributed by atoms with Gasteiger partial charge in [0.05, 0.1) is 32.4 Å². The lowest BCUT2D eigenvalue weighted by atomic mass is 10.2. The van der Waals surface area contributed by atoms with Crippen LogP contribution in [0.1, 0.15) is 17.4 Å². The van der Waals surface area contributed by atoms with E-state index in [0.717, 1.165) is 10.9 Å². The van der Waals surface area contributed by atoms with Crippen molar-refractivity contribution in [1.82, 2.24) is 9.88 Å². The SMILES string of the molecule is COCC(C)N(C)C(=O)c1cc2cc(OC)cc(OC)c2[nH]1. The van der Waals surface area contributed by atoms with Crippen LogP contribution < -0.4 is 9.47 Å². The highest BCUT2D eigenvalue weighted by atomic mass is 16.5. The van der Waals surface area contributed by atoms with Crippen LogP contribution in [0, 0.1) is 0 Å². The summed E-state index contributed by atoms with van der Waals surface area (Å²) < 4.78 is 15.7. The molecule has 0 saturated heterocycles. The van der Waals surface area contributed by atoms with Crippen LogP contribution in [-0.4, -0.2) is 56.8 Å². The number of H-pyrrole nitrogens is 1. The Hall–Kier alpha value is -2.21. The first-order valence-corrected chi connectivity index (χ1v) is 7.02. The molecule has 22 heavy (non-hydrogen) atoms. The number of carbonyl (C=O) groups excluding carboxylic acids is 1. The fourth-order valence-electron chi connectivity index (χ4n) is 2.32. The van der Waals surface area contributed by atoms with E-state index in [4.69, 9.17) is 14.2 Å². The van der Waals surface area contributed by atoms with Crippen LogP contribution in [0.15, 0.2) is 18.2 Å². The topological polar surface area (TPSA) is 63.8 Å². The molecule has 0 saturated carbocycles. The first kappa shape index (κ1) is 16.2. The molecule has 1 atom stereocenters. The molecule has 2 aromatic rings. The molecule has 6 nitrogen and oxygen atoms in total. The van der Waals surface area contributed by atoms with Crippen LogP contribution in [0.2, 0.25) is 0 Å². The van der Waals surface area contributed by atoms with Gasteiger partial charge in [-0.25, -0.2) is 0 Å². The predicted molar refractivity (Wildman–Crippen MR) is 84.8 cm³/mol. The molecule has 0 aliphatic carbocycles. The largest absolute Gasteiger partial charge is 0.497 e. The van der Waals surface area contributed by atoms with Crippen LogP contribution in [0.3, 0.4) is 0 Å². The molecule has 1 amide bonds. The van der Waals surface area contributed by atoms with E-state index >= 15 is 0 Å². The van der Waals surface area contributed by atoms with Crippen molar-refractivity contribution in [3.8, 4) is 11.5 Å². The number of benzene rings is 1. The molecule has 1 aromatic heterocycles. The maximum Gasteiger partial charge on any atom is 0.270 e. The van der Waals surface area contributed by atoms with Crippen LogP contribution in [0.25, 0.3) is 10.9 Å². The number of hydrogen-bond acceptors (Lipinski definition) is 4. The Bertz CT molecular complexity index is 665. The van der Waals surface area contributed by atoms with Gasteiger partial charge in [0.1, 0.15) is 17.2 Å². The monoisotopic (exact) mass is 306 g/mol. The van der Waals surface area contributed by atoms with Crippen LogP contribution >= 0.6 is 0 Å². The molecular formula is C16H22N2O4. The summed E-state index contributed by atoms with van der Waals surface area (Å²) >= 11 is 0. The normalized spacial score (nSPS) is 12.2. The fraction of sp³-hybridized carbons (Fsp3) is 0.438. The summed E-state index contributed by atoms with van der Waals surface area (Å²) in [6.07, 6.45) is 0. The average Bonchev–Trinajstić information content (AvgIpc) is 2.96. The fourth-order valence-corrected chi connectivity index (χ4v) is 2.32. The zero-order valence-corrected chi connectivity index (χ0v) is 13.6. The molecule has 0 bridgehead atoms. The van der Waals surface area contributed by atoms with Crippen molar-refractivity contribution in [2.24, 2.45) is 0 Å². The minimum atomic E-state index is -0.0956. The highest BCUT2D eigenvalue weighted by Gasteiger charge is 2.20. The number of fused-ring (bicyclic) bond motifs is 1. The number of ether oxygens (including phenoxy) is 3. The van der Waals surface area contributed by atoms with Gasteiger partial charge in [0.2, 0.25) is 0 Å². The average molecular weight is 306 g/mol. The smallest absolute Gasteiger partial charge is 0.270 e. The quantitative estimate of drug-likeness (QED) is 0.889. The van der Waals surface area contributed by atoms with E-state index in [2.05, 4.69) is 4.98 Å². The Balaban J connectivity index is 2.38. The van der Waals surface area contributed by atoms with Crippen molar-refractivity contribution in [3.63, 3.8) is 0 Å². The molecule has 0 aliphatic rings. The van der Waals surface area contributed by atoms with Crippen molar-refractivity contribution in [2.75, 3.05) is 35.0 Å². The number of carbonyl (C=O) groups is 1. The number of hydrogen-bond donors (Lipinski definition) is 1. The Morgan fingerprint density at radius 2 is 1.95 bits per heavy atom. The highest BCUT2D eigenvalue weighted by Crippen LogP contribution is 2.31. The first-order valence-electron chi connectivity index (χ1n) is 7.02. The third kappa shape index (κ3) is 3.01. The van der Waals surface area contributed by atoms with Crippen molar-refractivity contribution < 1.29 is 19.0 Å². The van der Waals surface area contributed by atoms with E-state index in [-0.39, 0.29) is 11.9 Å². The number of methoxy groups -OCH3 is 3. The summed E-state index contributed by atoms with van der Waals surface area (Å²) in [6.45, 7) is 2.42. The van der Waals surface area contributed by atoms with E-state index in [9.17, 15) is 4.79 Å². The second kappa shape index (κ2) is 6.70. The molecule has 0 radical (unpaired) electrons. The van der Waals surface area contributed by atoms with Crippen molar-refractivity contribution in [2.45, 2.75) is 13.0 Å². The number of aromatic nitrogens is 1. The van der Waals surface area contributed by atoms with Gasteiger partial charge in [-0.3, -0.25) is 4.79 Å². The molecule has 0 fully saturated rings. The van der Waals surface area contributed by atoms with E-state index in [1.165, 1.54) is 0 Å². The summed E-state index contributed by atoms with van der Waals surface area (Å²) in [7, 11) is 6.56. The van der Waals surface area contributed by atoms with Crippen LogP contribution in [0.4, 0.5) is 0 Å². The molecule has 2 rings (SSSR count). The number of likely N-dealkylation sites (N-methyl/N-ethyl adjacent to an activating group) is 1. The predicted octanol–water partition coefficient (Wildman–Crippen LogP) is 2.29. The van der Waals surface area contributed by atoms with Gasteiger partial charge in [-0.1, -0.05) is 0 Å². The number of amides is 1. The number of nitrogens with zero attached hydrogens (tertiary/aromatic N) is 1. The van der Waals surface area contributed by atoms with Gasteiger partial charge < -0.3 is 24.1 Å². The lowest BCUT2D eigenvalue weighted by Crippen LogP contribution is -2.37. The van der Waals surface area contributed by atoms with E-state index in [1.807, 2.05) is 13.0 Å². The van der Waals surface area contributed by atoms with Gasteiger partial charge >= 0.3 is 0 Å². The van der Waals surface area contributed by atoms with Crippen molar-refractivity contribution in [3.05, 3.63) is 23.9 Å². The number of nitrogens with one attached hydrogen (secondary N) is 1. The Morgan fingerprint density at radius 3 is 2.55 bits per heavy atom. The lowest BCUT2D eigenvalue weighted by Gasteiger charge is -2.23. The number of aromatic amines is 1. The van der Waals surface area contributed by atoms with Gasteiger partial charge in [0, 0.05) is 25.6 Å². The van der Waals surface area contributed by atoms with Gasteiger partial charge in [-0.15, -0.1) is 0 Å². The summed E-state index contributed by atoms with van der Waals surface area (Å²) in [5, 5.41) is 0.868. The van der Waals surface area contributed by atoms with Crippen LogP contribution in [-0.2, 0) is 4.74 Å². The molecule has 0 aliphatic heterocycles. The van der Waals surface area contributed by atoms with E-state index in [0.29, 0.717) is 23.8 Å². The van der Waals surface area contributed by atoms with Gasteiger partial charge in [-0.2, -0.15) is 0 Å².